The molecule has 162 valence electrons. The molecule has 0 aliphatic carbocycles. The fourth-order valence-corrected chi connectivity index (χ4v) is 3.75. The van der Waals surface area contributed by atoms with E-state index in [9.17, 15) is 9.18 Å². The third-order valence-corrected chi connectivity index (χ3v) is 5.25. The normalized spacial score (nSPS) is 19.3. The highest BCUT2D eigenvalue weighted by molar-refractivity contribution is 6.09. The number of anilines is 1. The van der Waals surface area contributed by atoms with Crippen LogP contribution in [-0.4, -0.2) is 55.6 Å². The Morgan fingerprint density at radius 3 is 2.83 bits per heavy atom. The summed E-state index contributed by atoms with van der Waals surface area (Å²) in [5.41, 5.74) is 0.937. The average Bonchev–Trinajstić information content (AvgIpc) is 2.70. The van der Waals surface area contributed by atoms with E-state index in [-0.39, 0.29) is 23.8 Å². The second-order valence-electron chi connectivity index (χ2n) is 8.19. The molecule has 2 aromatic rings. The number of ether oxygens (including phenoxy) is 1. The summed E-state index contributed by atoms with van der Waals surface area (Å²) in [7, 11) is 1.70. The van der Waals surface area contributed by atoms with E-state index < -0.39 is 5.91 Å². The molecule has 0 bridgehead atoms. The molecule has 1 saturated heterocycles. The van der Waals surface area contributed by atoms with E-state index in [1.807, 2.05) is 4.90 Å². The van der Waals surface area contributed by atoms with Gasteiger partial charge in [-0.1, -0.05) is 13.8 Å². The zero-order valence-electron chi connectivity index (χ0n) is 18.0. The highest BCUT2D eigenvalue weighted by atomic mass is 19.1. The standard InChI is InChI=1S/C22H30FN5O2/c1-13(2)11-25-19-7-8-28(12-20(19)30-4)21-17(22(29)26-14(3)24)10-15-9-16(23)5-6-18(15)27-21/h5-6,9-10,13,19-20,25H,7-8,11-12H2,1-4H3,(H2,24,26,29)/t19?,20-/m0/s1. The fraction of sp³-hybridized carbons (Fsp3) is 0.500. The van der Waals surface area contributed by atoms with Crippen molar-refractivity contribution in [3.63, 3.8) is 0 Å². The molecule has 0 spiro atoms. The van der Waals surface area contributed by atoms with Gasteiger partial charge in [0.25, 0.3) is 5.91 Å². The molecule has 8 heteroatoms. The van der Waals surface area contributed by atoms with Gasteiger partial charge in [-0.3, -0.25) is 10.2 Å². The predicted octanol–water partition coefficient (Wildman–Crippen LogP) is 2.94. The molecular formula is C22H30FN5O2. The first-order chi connectivity index (χ1) is 14.3. The maximum Gasteiger partial charge on any atom is 0.260 e. The van der Waals surface area contributed by atoms with Crippen molar-refractivity contribution in [3.05, 3.63) is 35.6 Å². The van der Waals surface area contributed by atoms with Crippen molar-refractivity contribution in [2.75, 3.05) is 31.6 Å². The van der Waals surface area contributed by atoms with E-state index in [1.165, 1.54) is 19.1 Å². The van der Waals surface area contributed by atoms with Gasteiger partial charge in [0.2, 0.25) is 0 Å². The number of nitrogens with one attached hydrogen (secondary N) is 3. The third-order valence-electron chi connectivity index (χ3n) is 5.25. The lowest BCUT2D eigenvalue weighted by Gasteiger charge is -2.39. The lowest BCUT2D eigenvalue weighted by molar-refractivity contribution is 0.0589. The second-order valence-corrected chi connectivity index (χ2v) is 8.19. The Bertz CT molecular complexity index is 933. The molecule has 1 aromatic carbocycles. The van der Waals surface area contributed by atoms with Crippen molar-refractivity contribution in [2.24, 2.45) is 5.92 Å². The van der Waals surface area contributed by atoms with Gasteiger partial charge < -0.3 is 20.3 Å². The molecule has 1 unspecified atom stereocenters. The van der Waals surface area contributed by atoms with Gasteiger partial charge in [-0.05, 0) is 50.1 Å². The van der Waals surface area contributed by atoms with Gasteiger partial charge in [0.1, 0.15) is 11.6 Å². The molecule has 7 nitrogen and oxygen atoms in total. The van der Waals surface area contributed by atoms with Crippen molar-refractivity contribution in [3.8, 4) is 0 Å². The molecule has 1 aromatic heterocycles. The number of fused-ring (bicyclic) bond motifs is 1. The summed E-state index contributed by atoms with van der Waals surface area (Å²) < 4.78 is 19.4. The summed E-state index contributed by atoms with van der Waals surface area (Å²) in [6.07, 6.45) is 0.794. The average molecular weight is 416 g/mol. The number of benzene rings is 1. The van der Waals surface area contributed by atoms with Crippen molar-refractivity contribution in [2.45, 2.75) is 39.3 Å². The van der Waals surface area contributed by atoms with E-state index in [4.69, 9.17) is 10.1 Å². The summed E-state index contributed by atoms with van der Waals surface area (Å²) in [6.45, 7) is 8.04. The summed E-state index contributed by atoms with van der Waals surface area (Å²) in [5, 5.41) is 14.2. The van der Waals surface area contributed by atoms with Crippen LogP contribution in [0.4, 0.5) is 10.2 Å². The minimum absolute atomic E-state index is 0.0386. The SMILES string of the molecule is CO[C@H]1CN(c2nc3ccc(F)cc3cc2C(=O)NC(C)=N)CCC1NCC(C)C. The maximum absolute atomic E-state index is 13.7. The Balaban J connectivity index is 1.94. The first kappa shape index (κ1) is 22.1. The number of methoxy groups -OCH3 is 1. The van der Waals surface area contributed by atoms with Gasteiger partial charge in [-0.25, -0.2) is 9.37 Å². The lowest BCUT2D eigenvalue weighted by Crippen LogP contribution is -2.54. The van der Waals surface area contributed by atoms with Crippen LogP contribution >= 0.6 is 0 Å². The van der Waals surface area contributed by atoms with Gasteiger partial charge >= 0.3 is 0 Å². The second kappa shape index (κ2) is 9.49. The number of carbonyl (C=O) groups is 1. The largest absolute Gasteiger partial charge is 0.378 e. The van der Waals surface area contributed by atoms with Crippen LogP contribution in [0.15, 0.2) is 24.3 Å². The van der Waals surface area contributed by atoms with Crippen molar-refractivity contribution in [1.82, 2.24) is 15.6 Å². The van der Waals surface area contributed by atoms with E-state index >= 15 is 0 Å². The van der Waals surface area contributed by atoms with Crippen molar-refractivity contribution in [1.29, 1.82) is 5.41 Å². The first-order valence-corrected chi connectivity index (χ1v) is 10.3. The monoisotopic (exact) mass is 415 g/mol. The summed E-state index contributed by atoms with van der Waals surface area (Å²) >= 11 is 0. The van der Waals surface area contributed by atoms with Gasteiger partial charge in [-0.2, -0.15) is 0 Å². The number of aromatic nitrogens is 1. The number of amides is 1. The molecule has 30 heavy (non-hydrogen) atoms. The quantitative estimate of drug-likeness (QED) is 0.499. The Morgan fingerprint density at radius 1 is 1.40 bits per heavy atom. The first-order valence-electron chi connectivity index (χ1n) is 10.3. The smallest absolute Gasteiger partial charge is 0.260 e. The molecule has 2 heterocycles. The van der Waals surface area contributed by atoms with Crippen LogP contribution in [0.2, 0.25) is 0 Å². The minimum Gasteiger partial charge on any atom is -0.378 e. The number of halogens is 1. The Morgan fingerprint density at radius 2 is 2.17 bits per heavy atom. The summed E-state index contributed by atoms with van der Waals surface area (Å²) in [4.78, 5) is 19.5. The van der Waals surface area contributed by atoms with Crippen LogP contribution in [0, 0.1) is 17.1 Å². The number of carbonyl (C=O) groups excluding carboxylic acids is 1. The highest BCUT2D eigenvalue weighted by Crippen LogP contribution is 2.27. The summed E-state index contributed by atoms with van der Waals surface area (Å²) in [5.74, 6) is 0.296. The molecule has 1 aliphatic heterocycles. The van der Waals surface area contributed by atoms with Crippen LogP contribution in [0.25, 0.3) is 10.9 Å². The Hall–Kier alpha value is -2.58. The number of hydrogen-bond donors (Lipinski definition) is 3. The van der Waals surface area contributed by atoms with Crippen LogP contribution in [0.1, 0.15) is 37.6 Å². The number of pyridine rings is 1. The zero-order valence-corrected chi connectivity index (χ0v) is 18.0. The van der Waals surface area contributed by atoms with Crippen molar-refractivity contribution < 1.29 is 13.9 Å². The minimum atomic E-state index is -0.426. The third kappa shape index (κ3) is 5.12. The van der Waals surface area contributed by atoms with Gasteiger partial charge in [0.05, 0.1) is 23.0 Å². The Labute approximate surface area is 176 Å². The van der Waals surface area contributed by atoms with Gasteiger partial charge in [0, 0.05) is 31.6 Å². The van der Waals surface area contributed by atoms with Gasteiger partial charge in [-0.15, -0.1) is 0 Å². The lowest BCUT2D eigenvalue weighted by atomic mass is 10.00. The van der Waals surface area contributed by atoms with E-state index in [2.05, 4.69) is 29.5 Å². The predicted molar refractivity (Wildman–Crippen MR) is 117 cm³/mol. The number of hydrogen-bond acceptors (Lipinski definition) is 6. The van der Waals surface area contributed by atoms with E-state index in [1.54, 1.807) is 19.2 Å². The van der Waals surface area contributed by atoms with Crippen LogP contribution < -0.4 is 15.5 Å². The van der Waals surface area contributed by atoms with E-state index in [0.717, 1.165) is 13.0 Å². The molecular weight excluding hydrogens is 385 g/mol. The van der Waals surface area contributed by atoms with Crippen LogP contribution in [-0.2, 0) is 4.74 Å². The van der Waals surface area contributed by atoms with Crippen LogP contribution in [0.5, 0.6) is 0 Å². The molecule has 3 N–H and O–H groups in total. The fourth-order valence-electron chi connectivity index (χ4n) is 3.75. The number of piperidine rings is 1. The zero-order chi connectivity index (χ0) is 21.8. The van der Waals surface area contributed by atoms with E-state index in [0.29, 0.717) is 41.3 Å². The topological polar surface area (TPSA) is 90.3 Å². The van der Waals surface area contributed by atoms with Gasteiger partial charge in [0.15, 0.2) is 0 Å². The molecule has 1 fully saturated rings. The molecule has 3 rings (SSSR count). The number of rotatable bonds is 6. The van der Waals surface area contributed by atoms with Crippen molar-refractivity contribution >= 4 is 28.5 Å². The maximum atomic E-state index is 13.7. The highest BCUT2D eigenvalue weighted by Gasteiger charge is 2.32. The summed E-state index contributed by atoms with van der Waals surface area (Å²) in [6, 6.07) is 6.21. The number of nitrogens with zero attached hydrogens (tertiary/aromatic N) is 2. The molecule has 0 saturated carbocycles. The number of amidine groups is 1. The Kier molecular flexibility index (Phi) is 6.99. The molecule has 0 radical (unpaired) electrons. The van der Waals surface area contributed by atoms with Crippen LogP contribution in [0.3, 0.4) is 0 Å². The molecule has 1 amide bonds. The molecule has 2 atom stereocenters. The molecule has 1 aliphatic rings.